The van der Waals surface area contributed by atoms with Crippen molar-refractivity contribution in [1.29, 1.82) is 0 Å². The van der Waals surface area contributed by atoms with Gasteiger partial charge in [-0.05, 0) is 32.2 Å². The molecule has 16 heavy (non-hydrogen) atoms. The minimum absolute atomic E-state index is 0.0951. The van der Waals surface area contributed by atoms with Crippen LogP contribution in [0.5, 0.6) is 0 Å². The normalized spacial score (nSPS) is 24.9. The largest absolute Gasteiger partial charge is 0.330 e. The molecule has 4 heteroatoms. The van der Waals surface area contributed by atoms with E-state index in [1.165, 1.54) is 0 Å². The Bertz CT molecular complexity index is 372. The third-order valence-corrected chi connectivity index (χ3v) is 3.58. The van der Waals surface area contributed by atoms with Crippen molar-refractivity contribution in [1.82, 2.24) is 9.55 Å². The van der Waals surface area contributed by atoms with Gasteiger partial charge in [0.2, 0.25) is 5.78 Å². The van der Waals surface area contributed by atoms with Crippen LogP contribution < -0.4 is 5.73 Å². The Morgan fingerprint density at radius 1 is 1.62 bits per heavy atom. The molecule has 1 fully saturated rings. The lowest BCUT2D eigenvalue weighted by molar-refractivity contribution is 0.0878. The SMILES string of the molecule is CCn1ccnc1C(=O)C1CCCC1CN. The zero-order chi connectivity index (χ0) is 11.5. The molecule has 1 aromatic heterocycles. The molecule has 0 bridgehead atoms. The molecule has 1 saturated carbocycles. The maximum atomic E-state index is 12.3. The van der Waals surface area contributed by atoms with Crippen molar-refractivity contribution in [3.63, 3.8) is 0 Å². The molecular formula is C12H19N3O. The Hall–Kier alpha value is -1.16. The molecule has 0 saturated heterocycles. The summed E-state index contributed by atoms with van der Waals surface area (Å²) in [6.07, 6.45) is 6.73. The number of aryl methyl sites for hydroxylation is 1. The lowest BCUT2D eigenvalue weighted by Gasteiger charge is -2.16. The molecule has 0 amide bonds. The van der Waals surface area contributed by atoms with Crippen molar-refractivity contribution in [2.75, 3.05) is 6.54 Å². The van der Waals surface area contributed by atoms with Crippen molar-refractivity contribution < 1.29 is 4.79 Å². The van der Waals surface area contributed by atoms with E-state index in [-0.39, 0.29) is 11.7 Å². The van der Waals surface area contributed by atoms with E-state index >= 15 is 0 Å². The number of aromatic nitrogens is 2. The third kappa shape index (κ3) is 1.89. The van der Waals surface area contributed by atoms with Crippen LogP contribution in [-0.4, -0.2) is 21.9 Å². The van der Waals surface area contributed by atoms with Crippen molar-refractivity contribution in [3.05, 3.63) is 18.2 Å². The number of ketones is 1. The molecule has 0 radical (unpaired) electrons. The topological polar surface area (TPSA) is 60.9 Å². The molecule has 0 spiro atoms. The Kier molecular flexibility index (Phi) is 3.39. The molecule has 1 heterocycles. The van der Waals surface area contributed by atoms with Crippen LogP contribution in [0.3, 0.4) is 0 Å². The number of carbonyl (C=O) groups is 1. The van der Waals surface area contributed by atoms with E-state index in [1.54, 1.807) is 6.20 Å². The third-order valence-electron chi connectivity index (χ3n) is 3.58. The van der Waals surface area contributed by atoms with Crippen LogP contribution in [0.1, 0.15) is 36.8 Å². The molecule has 4 nitrogen and oxygen atoms in total. The van der Waals surface area contributed by atoms with Crippen LogP contribution in [0.4, 0.5) is 0 Å². The summed E-state index contributed by atoms with van der Waals surface area (Å²) in [7, 11) is 0. The van der Waals surface area contributed by atoms with Gasteiger partial charge in [0, 0.05) is 24.9 Å². The Morgan fingerprint density at radius 2 is 2.44 bits per heavy atom. The highest BCUT2D eigenvalue weighted by Gasteiger charge is 2.34. The van der Waals surface area contributed by atoms with Gasteiger partial charge in [-0.3, -0.25) is 4.79 Å². The van der Waals surface area contributed by atoms with Gasteiger partial charge < -0.3 is 10.3 Å². The number of rotatable bonds is 4. The average Bonchev–Trinajstić information content (AvgIpc) is 2.96. The van der Waals surface area contributed by atoms with Gasteiger partial charge in [-0.1, -0.05) is 6.42 Å². The summed E-state index contributed by atoms with van der Waals surface area (Å²) in [6.45, 7) is 3.43. The predicted octanol–water partition coefficient (Wildman–Crippen LogP) is 1.46. The molecule has 2 atom stereocenters. The Labute approximate surface area is 95.9 Å². The summed E-state index contributed by atoms with van der Waals surface area (Å²) in [5.41, 5.74) is 5.71. The fourth-order valence-electron chi connectivity index (χ4n) is 2.62. The summed E-state index contributed by atoms with van der Waals surface area (Å²) in [4.78, 5) is 16.5. The molecule has 2 unspecified atom stereocenters. The highest BCUT2D eigenvalue weighted by atomic mass is 16.1. The number of nitrogens with two attached hydrogens (primary N) is 1. The second kappa shape index (κ2) is 4.78. The molecule has 1 aliphatic rings. The fourth-order valence-corrected chi connectivity index (χ4v) is 2.62. The first-order valence-corrected chi connectivity index (χ1v) is 6.03. The van der Waals surface area contributed by atoms with E-state index in [1.807, 2.05) is 17.7 Å². The molecular weight excluding hydrogens is 202 g/mol. The molecule has 0 aliphatic heterocycles. The summed E-state index contributed by atoms with van der Waals surface area (Å²) < 4.78 is 1.91. The van der Waals surface area contributed by atoms with Gasteiger partial charge >= 0.3 is 0 Å². The van der Waals surface area contributed by atoms with E-state index in [9.17, 15) is 4.79 Å². The minimum atomic E-state index is 0.0951. The molecule has 0 aromatic carbocycles. The first kappa shape index (κ1) is 11.3. The quantitative estimate of drug-likeness (QED) is 0.783. The maximum absolute atomic E-state index is 12.3. The zero-order valence-corrected chi connectivity index (χ0v) is 9.72. The number of nitrogens with zero attached hydrogens (tertiary/aromatic N) is 2. The van der Waals surface area contributed by atoms with Crippen LogP contribution in [-0.2, 0) is 6.54 Å². The van der Waals surface area contributed by atoms with E-state index in [0.29, 0.717) is 18.3 Å². The summed E-state index contributed by atoms with van der Waals surface area (Å²) in [5, 5.41) is 0. The molecule has 2 N–H and O–H groups in total. The Morgan fingerprint density at radius 3 is 3.12 bits per heavy atom. The minimum Gasteiger partial charge on any atom is -0.330 e. The Balaban J connectivity index is 2.18. The van der Waals surface area contributed by atoms with E-state index in [2.05, 4.69) is 4.98 Å². The monoisotopic (exact) mass is 221 g/mol. The van der Waals surface area contributed by atoms with Crippen molar-refractivity contribution in [2.45, 2.75) is 32.7 Å². The number of Topliss-reactive ketones (excluding diaryl/α,β-unsaturated/α-hetero) is 1. The van der Waals surface area contributed by atoms with E-state index in [4.69, 9.17) is 5.73 Å². The number of carbonyl (C=O) groups excluding carboxylic acids is 1. The van der Waals surface area contributed by atoms with Crippen LogP contribution >= 0.6 is 0 Å². The highest BCUT2D eigenvalue weighted by Crippen LogP contribution is 2.33. The van der Waals surface area contributed by atoms with Gasteiger partial charge in [-0.25, -0.2) is 4.98 Å². The predicted molar refractivity (Wildman–Crippen MR) is 62.1 cm³/mol. The van der Waals surface area contributed by atoms with Gasteiger partial charge in [0.25, 0.3) is 0 Å². The summed E-state index contributed by atoms with van der Waals surface area (Å²) in [6, 6.07) is 0. The smallest absolute Gasteiger partial charge is 0.201 e. The van der Waals surface area contributed by atoms with E-state index in [0.717, 1.165) is 25.8 Å². The molecule has 88 valence electrons. The number of hydrogen-bond donors (Lipinski definition) is 1. The standard InChI is InChI=1S/C12H19N3O/c1-2-15-7-6-14-12(15)11(16)10-5-3-4-9(10)8-13/h6-7,9-10H,2-5,8,13H2,1H3. The summed E-state index contributed by atoms with van der Waals surface area (Å²) >= 11 is 0. The highest BCUT2D eigenvalue weighted by molar-refractivity contribution is 5.95. The fraction of sp³-hybridized carbons (Fsp3) is 0.667. The lowest BCUT2D eigenvalue weighted by atomic mass is 9.91. The molecule has 1 aliphatic carbocycles. The molecule has 1 aromatic rings. The summed E-state index contributed by atoms with van der Waals surface area (Å²) in [5.74, 6) is 1.24. The lowest BCUT2D eigenvalue weighted by Crippen LogP contribution is -2.27. The van der Waals surface area contributed by atoms with Gasteiger partial charge in [-0.2, -0.15) is 0 Å². The van der Waals surface area contributed by atoms with Crippen LogP contribution in [0.2, 0.25) is 0 Å². The van der Waals surface area contributed by atoms with Gasteiger partial charge in [-0.15, -0.1) is 0 Å². The van der Waals surface area contributed by atoms with Crippen molar-refractivity contribution in [2.24, 2.45) is 17.6 Å². The average molecular weight is 221 g/mol. The van der Waals surface area contributed by atoms with Crippen LogP contribution in [0, 0.1) is 11.8 Å². The van der Waals surface area contributed by atoms with Crippen molar-refractivity contribution in [3.8, 4) is 0 Å². The van der Waals surface area contributed by atoms with Crippen molar-refractivity contribution >= 4 is 5.78 Å². The first-order chi connectivity index (χ1) is 7.77. The maximum Gasteiger partial charge on any atom is 0.201 e. The van der Waals surface area contributed by atoms with Gasteiger partial charge in [0.1, 0.15) is 0 Å². The first-order valence-electron chi connectivity index (χ1n) is 6.03. The van der Waals surface area contributed by atoms with Crippen LogP contribution in [0.25, 0.3) is 0 Å². The van der Waals surface area contributed by atoms with E-state index < -0.39 is 0 Å². The van der Waals surface area contributed by atoms with Gasteiger partial charge in [0.15, 0.2) is 5.82 Å². The second-order valence-electron chi connectivity index (χ2n) is 4.43. The number of imidazole rings is 1. The zero-order valence-electron chi connectivity index (χ0n) is 9.72. The second-order valence-corrected chi connectivity index (χ2v) is 4.43. The molecule has 2 rings (SSSR count). The number of hydrogen-bond acceptors (Lipinski definition) is 3. The van der Waals surface area contributed by atoms with Gasteiger partial charge in [0.05, 0.1) is 0 Å². The van der Waals surface area contributed by atoms with Crippen LogP contribution in [0.15, 0.2) is 12.4 Å².